The van der Waals surface area contributed by atoms with Gasteiger partial charge in [-0.1, -0.05) is 43.0 Å². The van der Waals surface area contributed by atoms with Crippen LogP contribution in [0.3, 0.4) is 0 Å². The molecule has 1 saturated carbocycles. The van der Waals surface area contributed by atoms with E-state index in [1.807, 2.05) is 50.2 Å². The average Bonchev–Trinajstić information content (AvgIpc) is 2.84. The standard InChI is InChI=1S/C27H35ClN2O4/c1-18-13-24(14-19(2)26(18)28)34-17-25(31)30(16-21-9-8-12-23(15-21)33-4)20(3)27(32)29-22-10-6-5-7-11-22/h8-9,12-15,20,22H,5-7,10-11,16-17H2,1-4H3,(H,29,32). The van der Waals surface area contributed by atoms with Gasteiger partial charge >= 0.3 is 0 Å². The number of benzene rings is 2. The molecular weight excluding hydrogens is 452 g/mol. The van der Waals surface area contributed by atoms with Crippen LogP contribution in [0.15, 0.2) is 36.4 Å². The van der Waals surface area contributed by atoms with Gasteiger partial charge in [-0.05, 0) is 74.6 Å². The number of ether oxygens (including phenoxy) is 2. The van der Waals surface area contributed by atoms with E-state index in [0.29, 0.717) is 16.5 Å². The maximum atomic E-state index is 13.3. The van der Waals surface area contributed by atoms with E-state index in [-0.39, 0.29) is 31.0 Å². The van der Waals surface area contributed by atoms with Gasteiger partial charge in [0.1, 0.15) is 17.5 Å². The molecule has 0 heterocycles. The van der Waals surface area contributed by atoms with Crippen LogP contribution in [0.2, 0.25) is 5.02 Å². The first-order valence-corrected chi connectivity index (χ1v) is 12.3. The highest BCUT2D eigenvalue weighted by molar-refractivity contribution is 6.32. The Morgan fingerprint density at radius 1 is 1.09 bits per heavy atom. The van der Waals surface area contributed by atoms with Crippen molar-refractivity contribution in [2.75, 3.05) is 13.7 Å². The highest BCUT2D eigenvalue weighted by atomic mass is 35.5. The van der Waals surface area contributed by atoms with Crippen LogP contribution in [-0.4, -0.2) is 42.5 Å². The van der Waals surface area contributed by atoms with Gasteiger partial charge in [-0.3, -0.25) is 9.59 Å². The van der Waals surface area contributed by atoms with Crippen LogP contribution < -0.4 is 14.8 Å². The van der Waals surface area contributed by atoms with Crippen molar-refractivity contribution < 1.29 is 19.1 Å². The zero-order valence-electron chi connectivity index (χ0n) is 20.5. The van der Waals surface area contributed by atoms with Crippen LogP contribution in [0.4, 0.5) is 0 Å². The van der Waals surface area contributed by atoms with E-state index in [2.05, 4.69) is 5.32 Å². The number of halogens is 1. The fourth-order valence-electron chi connectivity index (χ4n) is 4.34. The Morgan fingerprint density at radius 3 is 2.41 bits per heavy atom. The number of aryl methyl sites for hydroxylation is 2. The molecule has 0 spiro atoms. The molecule has 2 amide bonds. The molecule has 1 unspecified atom stereocenters. The number of amides is 2. The molecule has 0 saturated heterocycles. The third-order valence-electron chi connectivity index (χ3n) is 6.38. The summed E-state index contributed by atoms with van der Waals surface area (Å²) in [7, 11) is 1.60. The molecule has 1 aliphatic rings. The van der Waals surface area contributed by atoms with Crippen molar-refractivity contribution in [1.29, 1.82) is 0 Å². The predicted octanol–water partition coefficient (Wildman–Crippen LogP) is 5.21. The number of hydrogen-bond acceptors (Lipinski definition) is 4. The van der Waals surface area contributed by atoms with E-state index in [1.54, 1.807) is 18.9 Å². The van der Waals surface area contributed by atoms with Gasteiger partial charge < -0.3 is 19.7 Å². The molecule has 184 valence electrons. The zero-order valence-corrected chi connectivity index (χ0v) is 21.3. The van der Waals surface area contributed by atoms with Gasteiger partial charge in [-0.2, -0.15) is 0 Å². The molecule has 1 atom stereocenters. The molecule has 2 aromatic carbocycles. The van der Waals surface area contributed by atoms with E-state index < -0.39 is 6.04 Å². The topological polar surface area (TPSA) is 67.9 Å². The summed E-state index contributed by atoms with van der Waals surface area (Å²) in [4.78, 5) is 28.0. The maximum absolute atomic E-state index is 13.3. The monoisotopic (exact) mass is 486 g/mol. The van der Waals surface area contributed by atoms with Crippen LogP contribution in [0.5, 0.6) is 11.5 Å². The van der Waals surface area contributed by atoms with Crippen LogP contribution in [-0.2, 0) is 16.1 Å². The van der Waals surface area contributed by atoms with Gasteiger partial charge in [0.2, 0.25) is 5.91 Å². The van der Waals surface area contributed by atoms with Crippen LogP contribution in [0, 0.1) is 13.8 Å². The molecule has 6 nitrogen and oxygen atoms in total. The van der Waals surface area contributed by atoms with Crippen molar-refractivity contribution in [2.45, 2.75) is 71.5 Å². The summed E-state index contributed by atoms with van der Waals surface area (Å²) < 4.78 is 11.1. The average molecular weight is 487 g/mol. The summed E-state index contributed by atoms with van der Waals surface area (Å²) in [6, 6.07) is 10.7. The van der Waals surface area contributed by atoms with Gasteiger partial charge in [0.25, 0.3) is 5.91 Å². The number of rotatable bonds is 9. The van der Waals surface area contributed by atoms with Gasteiger partial charge in [0.15, 0.2) is 6.61 Å². The minimum atomic E-state index is -0.641. The third kappa shape index (κ3) is 6.89. The van der Waals surface area contributed by atoms with Gasteiger partial charge in [0.05, 0.1) is 7.11 Å². The Kier molecular flexibility index (Phi) is 9.22. The summed E-state index contributed by atoms with van der Waals surface area (Å²) in [6.45, 7) is 5.67. The van der Waals surface area contributed by atoms with Crippen molar-refractivity contribution in [3.05, 3.63) is 58.1 Å². The fraction of sp³-hybridized carbons (Fsp3) is 0.481. The molecule has 1 N–H and O–H groups in total. The largest absolute Gasteiger partial charge is 0.497 e. The molecule has 0 aliphatic heterocycles. The van der Waals surface area contributed by atoms with Gasteiger partial charge in [-0.25, -0.2) is 0 Å². The second-order valence-electron chi connectivity index (χ2n) is 9.05. The van der Waals surface area contributed by atoms with E-state index in [1.165, 1.54) is 6.42 Å². The van der Waals surface area contributed by atoms with E-state index in [4.69, 9.17) is 21.1 Å². The minimum Gasteiger partial charge on any atom is -0.497 e. The van der Waals surface area contributed by atoms with Crippen molar-refractivity contribution in [1.82, 2.24) is 10.2 Å². The molecule has 0 radical (unpaired) electrons. The summed E-state index contributed by atoms with van der Waals surface area (Å²) in [5, 5.41) is 3.83. The normalized spacial score (nSPS) is 14.9. The van der Waals surface area contributed by atoms with E-state index >= 15 is 0 Å². The second-order valence-corrected chi connectivity index (χ2v) is 9.43. The highest BCUT2D eigenvalue weighted by Gasteiger charge is 2.28. The van der Waals surface area contributed by atoms with E-state index in [9.17, 15) is 9.59 Å². The molecule has 34 heavy (non-hydrogen) atoms. The Balaban J connectivity index is 1.75. The Labute approximate surface area is 207 Å². The lowest BCUT2D eigenvalue weighted by molar-refractivity contribution is -0.142. The maximum Gasteiger partial charge on any atom is 0.261 e. The lowest BCUT2D eigenvalue weighted by Crippen LogP contribution is -2.51. The van der Waals surface area contributed by atoms with Crippen molar-refractivity contribution >= 4 is 23.4 Å². The second kappa shape index (κ2) is 12.1. The highest BCUT2D eigenvalue weighted by Crippen LogP contribution is 2.26. The fourth-order valence-corrected chi connectivity index (χ4v) is 4.45. The van der Waals surface area contributed by atoms with Crippen LogP contribution in [0.25, 0.3) is 0 Å². The summed E-state index contributed by atoms with van der Waals surface area (Å²) >= 11 is 6.25. The molecular formula is C27H35ClN2O4. The summed E-state index contributed by atoms with van der Waals surface area (Å²) in [5.74, 6) is 0.877. The predicted molar refractivity (Wildman–Crippen MR) is 134 cm³/mol. The Morgan fingerprint density at radius 2 is 1.76 bits per heavy atom. The van der Waals surface area contributed by atoms with Crippen LogP contribution in [0.1, 0.15) is 55.7 Å². The Hall–Kier alpha value is -2.73. The molecule has 1 aliphatic carbocycles. The van der Waals surface area contributed by atoms with Gasteiger partial charge in [0, 0.05) is 17.6 Å². The molecule has 0 aromatic heterocycles. The smallest absolute Gasteiger partial charge is 0.261 e. The van der Waals surface area contributed by atoms with E-state index in [0.717, 1.165) is 42.4 Å². The number of carbonyl (C=O) groups is 2. The van der Waals surface area contributed by atoms with Crippen molar-refractivity contribution in [3.8, 4) is 11.5 Å². The Bertz CT molecular complexity index is 981. The number of nitrogens with zero attached hydrogens (tertiary/aromatic N) is 1. The number of nitrogens with one attached hydrogen (secondary N) is 1. The lowest BCUT2D eigenvalue weighted by atomic mass is 9.95. The molecule has 2 aromatic rings. The molecule has 1 fully saturated rings. The first kappa shape index (κ1) is 25.9. The first-order chi connectivity index (χ1) is 16.3. The van der Waals surface area contributed by atoms with Gasteiger partial charge in [-0.15, -0.1) is 0 Å². The number of carbonyl (C=O) groups excluding carboxylic acids is 2. The van der Waals surface area contributed by atoms with Crippen molar-refractivity contribution in [3.63, 3.8) is 0 Å². The minimum absolute atomic E-state index is 0.138. The summed E-state index contributed by atoms with van der Waals surface area (Å²) in [6.07, 6.45) is 5.43. The van der Waals surface area contributed by atoms with Crippen LogP contribution >= 0.6 is 11.6 Å². The SMILES string of the molecule is COc1cccc(CN(C(=O)COc2cc(C)c(Cl)c(C)c2)C(C)C(=O)NC2CCCCC2)c1. The lowest BCUT2D eigenvalue weighted by Gasteiger charge is -2.31. The molecule has 0 bridgehead atoms. The summed E-state index contributed by atoms with van der Waals surface area (Å²) in [5.41, 5.74) is 2.65. The zero-order chi connectivity index (χ0) is 24.7. The quantitative estimate of drug-likeness (QED) is 0.528. The van der Waals surface area contributed by atoms with Crippen molar-refractivity contribution in [2.24, 2.45) is 0 Å². The third-order valence-corrected chi connectivity index (χ3v) is 6.97. The molecule has 7 heteroatoms. The number of hydrogen-bond donors (Lipinski definition) is 1. The first-order valence-electron chi connectivity index (χ1n) is 11.9. The molecule has 3 rings (SSSR count). The number of methoxy groups -OCH3 is 1.